The summed E-state index contributed by atoms with van der Waals surface area (Å²) in [4.78, 5) is 23.7. The summed E-state index contributed by atoms with van der Waals surface area (Å²) >= 11 is 0. The Morgan fingerprint density at radius 3 is 2.30 bits per heavy atom. The Bertz CT molecular complexity index is 930. The van der Waals surface area contributed by atoms with E-state index in [-0.39, 0.29) is 22.1 Å². The van der Waals surface area contributed by atoms with Gasteiger partial charge in [0.25, 0.3) is 15.9 Å². The lowest BCUT2D eigenvalue weighted by molar-refractivity contribution is -0.122. The molecule has 0 saturated carbocycles. The molecule has 3 N–H and O–H groups in total. The summed E-state index contributed by atoms with van der Waals surface area (Å²) in [6, 6.07) is 9.75. The van der Waals surface area contributed by atoms with Crippen LogP contribution in [0.1, 0.15) is 24.2 Å². The molecular weight excluding hydrogens is 373 g/mol. The first-order chi connectivity index (χ1) is 12.7. The van der Waals surface area contributed by atoms with Crippen LogP contribution in [0.5, 0.6) is 0 Å². The van der Waals surface area contributed by atoms with E-state index >= 15 is 0 Å². The van der Waals surface area contributed by atoms with Crippen LogP contribution < -0.4 is 15.4 Å². The summed E-state index contributed by atoms with van der Waals surface area (Å²) in [5.41, 5.74) is 0.0195. The molecular formula is C18H20FN3O4S. The number of carbonyl (C=O) groups is 2. The second-order valence-corrected chi connectivity index (χ2v) is 7.38. The molecule has 2 aromatic rings. The number of carbonyl (C=O) groups excluding carboxylic acids is 2. The standard InChI is InChI=1S/C18H20FN3O4S/c1-3-20-17(23)12(2)21-18(24)13-8-10-14(11-9-13)27(25,26)22-16-7-5-4-6-15(16)19/h4-12,22H,3H2,1-2H3,(H,20,23)(H,21,24). The maximum atomic E-state index is 13.6. The molecule has 2 aromatic carbocycles. The second kappa shape index (κ2) is 8.63. The van der Waals surface area contributed by atoms with Crippen LogP contribution in [0.25, 0.3) is 0 Å². The number of likely N-dealkylation sites (N-methyl/N-ethyl adjacent to an activating group) is 1. The zero-order chi connectivity index (χ0) is 20.0. The molecule has 144 valence electrons. The molecule has 0 aliphatic carbocycles. The van der Waals surface area contributed by atoms with Gasteiger partial charge < -0.3 is 10.6 Å². The molecule has 0 fully saturated rings. The summed E-state index contributed by atoms with van der Waals surface area (Å²) < 4.78 is 40.5. The first-order valence-corrected chi connectivity index (χ1v) is 9.69. The average Bonchev–Trinajstić information content (AvgIpc) is 2.63. The molecule has 0 aromatic heterocycles. The molecule has 0 heterocycles. The third-order valence-electron chi connectivity index (χ3n) is 3.64. The molecule has 0 spiro atoms. The van der Waals surface area contributed by atoms with E-state index in [0.29, 0.717) is 6.54 Å². The fourth-order valence-electron chi connectivity index (χ4n) is 2.21. The largest absolute Gasteiger partial charge is 0.355 e. The van der Waals surface area contributed by atoms with Crippen LogP contribution in [0, 0.1) is 5.82 Å². The molecule has 0 bridgehead atoms. The number of rotatable bonds is 7. The lowest BCUT2D eigenvalue weighted by Gasteiger charge is -2.13. The van der Waals surface area contributed by atoms with Gasteiger partial charge in [-0.15, -0.1) is 0 Å². The average molecular weight is 393 g/mol. The minimum absolute atomic E-state index is 0.126. The maximum absolute atomic E-state index is 13.6. The molecule has 0 radical (unpaired) electrons. The van der Waals surface area contributed by atoms with Crippen molar-refractivity contribution in [1.29, 1.82) is 0 Å². The molecule has 7 nitrogen and oxygen atoms in total. The number of benzene rings is 2. The van der Waals surface area contributed by atoms with E-state index in [4.69, 9.17) is 0 Å². The van der Waals surface area contributed by atoms with Gasteiger partial charge in [-0.25, -0.2) is 12.8 Å². The maximum Gasteiger partial charge on any atom is 0.261 e. The fourth-order valence-corrected chi connectivity index (χ4v) is 3.27. The molecule has 0 aliphatic heterocycles. The monoisotopic (exact) mass is 393 g/mol. The number of para-hydroxylation sites is 1. The van der Waals surface area contributed by atoms with Crippen molar-refractivity contribution in [2.75, 3.05) is 11.3 Å². The summed E-state index contributed by atoms with van der Waals surface area (Å²) in [6.45, 7) is 3.75. The highest BCUT2D eigenvalue weighted by atomic mass is 32.2. The predicted molar refractivity (Wildman–Crippen MR) is 99.3 cm³/mol. The number of hydrogen-bond acceptors (Lipinski definition) is 4. The Labute approximate surface area is 157 Å². The van der Waals surface area contributed by atoms with Gasteiger partial charge in [0.2, 0.25) is 5.91 Å². The van der Waals surface area contributed by atoms with Crippen molar-refractivity contribution in [1.82, 2.24) is 10.6 Å². The van der Waals surface area contributed by atoms with E-state index in [0.717, 1.165) is 6.07 Å². The summed E-state index contributed by atoms with van der Waals surface area (Å²) in [5.74, 6) is -1.53. The van der Waals surface area contributed by atoms with E-state index < -0.39 is 27.8 Å². The van der Waals surface area contributed by atoms with Gasteiger partial charge in [0.05, 0.1) is 10.6 Å². The minimum Gasteiger partial charge on any atom is -0.355 e. The molecule has 1 unspecified atom stereocenters. The minimum atomic E-state index is -4.01. The van der Waals surface area contributed by atoms with Gasteiger partial charge in [0.1, 0.15) is 11.9 Å². The van der Waals surface area contributed by atoms with Crippen LogP contribution in [-0.4, -0.2) is 32.8 Å². The number of amides is 2. The third-order valence-corrected chi connectivity index (χ3v) is 5.02. The molecule has 2 amide bonds. The zero-order valence-electron chi connectivity index (χ0n) is 14.8. The Hall–Kier alpha value is -2.94. The van der Waals surface area contributed by atoms with Crippen LogP contribution in [0.15, 0.2) is 53.4 Å². The third kappa shape index (κ3) is 5.27. The van der Waals surface area contributed by atoms with Gasteiger partial charge >= 0.3 is 0 Å². The van der Waals surface area contributed by atoms with Crippen LogP contribution in [0.2, 0.25) is 0 Å². The predicted octanol–water partition coefficient (Wildman–Crippen LogP) is 1.88. The number of nitrogens with one attached hydrogen (secondary N) is 3. The van der Waals surface area contributed by atoms with Crippen LogP contribution in [0.4, 0.5) is 10.1 Å². The number of hydrogen-bond donors (Lipinski definition) is 3. The van der Waals surface area contributed by atoms with Gasteiger partial charge in [0.15, 0.2) is 0 Å². The van der Waals surface area contributed by atoms with E-state index in [1.807, 2.05) is 0 Å². The Balaban J connectivity index is 2.11. The van der Waals surface area contributed by atoms with E-state index in [9.17, 15) is 22.4 Å². The van der Waals surface area contributed by atoms with Crippen LogP contribution in [0.3, 0.4) is 0 Å². The van der Waals surface area contributed by atoms with E-state index in [1.54, 1.807) is 13.8 Å². The molecule has 0 aliphatic rings. The summed E-state index contributed by atoms with van der Waals surface area (Å²) in [7, 11) is -4.01. The van der Waals surface area contributed by atoms with Gasteiger partial charge in [-0.05, 0) is 50.2 Å². The van der Waals surface area contributed by atoms with Crippen LogP contribution in [-0.2, 0) is 14.8 Å². The lowest BCUT2D eigenvalue weighted by Crippen LogP contribution is -2.44. The van der Waals surface area contributed by atoms with Gasteiger partial charge in [-0.3, -0.25) is 14.3 Å². The zero-order valence-corrected chi connectivity index (χ0v) is 15.6. The fraction of sp³-hybridized carbons (Fsp3) is 0.222. The van der Waals surface area contributed by atoms with Crippen molar-refractivity contribution < 1.29 is 22.4 Å². The smallest absolute Gasteiger partial charge is 0.261 e. The normalized spacial score (nSPS) is 12.1. The molecule has 2 rings (SSSR count). The van der Waals surface area contributed by atoms with Gasteiger partial charge in [-0.1, -0.05) is 12.1 Å². The molecule has 1 atom stereocenters. The Morgan fingerprint density at radius 2 is 1.70 bits per heavy atom. The number of halogens is 1. The quantitative estimate of drug-likeness (QED) is 0.668. The topological polar surface area (TPSA) is 104 Å². The SMILES string of the molecule is CCNC(=O)C(C)NC(=O)c1ccc(S(=O)(=O)Nc2ccccc2F)cc1. The first-order valence-electron chi connectivity index (χ1n) is 8.20. The highest BCUT2D eigenvalue weighted by Gasteiger charge is 2.19. The van der Waals surface area contributed by atoms with E-state index in [1.165, 1.54) is 42.5 Å². The highest BCUT2D eigenvalue weighted by Crippen LogP contribution is 2.19. The van der Waals surface area contributed by atoms with E-state index in [2.05, 4.69) is 15.4 Å². The van der Waals surface area contributed by atoms with Crippen molar-refractivity contribution in [2.24, 2.45) is 0 Å². The molecule has 27 heavy (non-hydrogen) atoms. The van der Waals surface area contributed by atoms with Crippen molar-refractivity contribution in [3.8, 4) is 0 Å². The van der Waals surface area contributed by atoms with Crippen molar-refractivity contribution in [3.05, 3.63) is 59.9 Å². The molecule has 0 saturated heterocycles. The number of anilines is 1. The molecule has 9 heteroatoms. The Morgan fingerprint density at radius 1 is 1.07 bits per heavy atom. The summed E-state index contributed by atoms with van der Waals surface area (Å²) in [6.07, 6.45) is 0. The van der Waals surface area contributed by atoms with Crippen molar-refractivity contribution in [2.45, 2.75) is 24.8 Å². The highest BCUT2D eigenvalue weighted by molar-refractivity contribution is 7.92. The first kappa shape index (κ1) is 20.4. The van der Waals surface area contributed by atoms with Gasteiger partial charge in [-0.2, -0.15) is 0 Å². The second-order valence-electron chi connectivity index (χ2n) is 5.70. The lowest BCUT2D eigenvalue weighted by atomic mass is 10.2. The van der Waals surface area contributed by atoms with Crippen molar-refractivity contribution in [3.63, 3.8) is 0 Å². The van der Waals surface area contributed by atoms with Crippen LogP contribution >= 0.6 is 0 Å². The number of sulfonamides is 1. The van der Waals surface area contributed by atoms with Gasteiger partial charge in [0, 0.05) is 12.1 Å². The van der Waals surface area contributed by atoms with Crippen molar-refractivity contribution >= 4 is 27.5 Å². The Kier molecular flexibility index (Phi) is 6.51. The summed E-state index contributed by atoms with van der Waals surface area (Å²) in [5, 5.41) is 5.11.